The van der Waals surface area contributed by atoms with E-state index in [0.717, 1.165) is 27.7 Å². The summed E-state index contributed by atoms with van der Waals surface area (Å²) in [4.78, 5) is 9.04. The minimum Gasteiger partial charge on any atom is -0.383 e. The van der Waals surface area contributed by atoms with E-state index in [0.29, 0.717) is 11.6 Å². The summed E-state index contributed by atoms with van der Waals surface area (Å²) in [5.41, 5.74) is 8.03. The summed E-state index contributed by atoms with van der Waals surface area (Å²) in [5.74, 6) is 1.15. The molecule has 4 nitrogen and oxygen atoms in total. The number of ether oxygens (including phenoxy) is 1. The summed E-state index contributed by atoms with van der Waals surface area (Å²) >= 11 is 2.20. The van der Waals surface area contributed by atoms with E-state index in [4.69, 9.17) is 10.5 Å². The average molecular weight is 383 g/mol. The van der Waals surface area contributed by atoms with E-state index >= 15 is 0 Å². The van der Waals surface area contributed by atoms with E-state index < -0.39 is 0 Å². The Bertz CT molecular complexity index is 575. The van der Waals surface area contributed by atoms with Crippen LogP contribution >= 0.6 is 22.6 Å². The lowest BCUT2D eigenvalue weighted by atomic mass is 10.1. The number of benzene rings is 1. The molecule has 0 bridgehead atoms. The van der Waals surface area contributed by atoms with Crippen molar-refractivity contribution in [2.24, 2.45) is 0 Å². The van der Waals surface area contributed by atoms with Gasteiger partial charge < -0.3 is 10.5 Å². The average Bonchev–Trinajstić information content (AvgIpc) is 2.46. The molecule has 0 fully saturated rings. The predicted octanol–water partition coefficient (Wildman–Crippen LogP) is 3.35. The van der Waals surface area contributed by atoms with Crippen LogP contribution in [0, 0.1) is 3.57 Å². The van der Waals surface area contributed by atoms with E-state index in [-0.39, 0.29) is 6.10 Å². The highest BCUT2D eigenvalue weighted by atomic mass is 127. The van der Waals surface area contributed by atoms with E-state index in [2.05, 4.69) is 39.5 Å². The molecule has 0 amide bonds. The van der Waals surface area contributed by atoms with Crippen molar-refractivity contribution < 1.29 is 4.74 Å². The maximum Gasteiger partial charge on any atom is 0.164 e. The molecule has 0 saturated heterocycles. The van der Waals surface area contributed by atoms with Gasteiger partial charge in [0.05, 0.1) is 9.26 Å². The molecule has 20 heavy (non-hydrogen) atoms. The molecule has 0 radical (unpaired) electrons. The second-order valence-corrected chi connectivity index (χ2v) is 5.58. The van der Waals surface area contributed by atoms with Crippen molar-refractivity contribution in [1.82, 2.24) is 9.97 Å². The van der Waals surface area contributed by atoms with Crippen molar-refractivity contribution >= 4 is 28.4 Å². The number of anilines is 1. The number of aromatic nitrogens is 2. The van der Waals surface area contributed by atoms with Gasteiger partial charge in [0.2, 0.25) is 0 Å². The molecule has 1 heterocycles. The fourth-order valence-corrected chi connectivity index (χ4v) is 2.58. The number of aryl methyl sites for hydroxylation is 1. The van der Waals surface area contributed by atoms with Crippen LogP contribution in [0.5, 0.6) is 0 Å². The Morgan fingerprint density at radius 2 is 1.95 bits per heavy atom. The lowest BCUT2D eigenvalue weighted by molar-refractivity contribution is 0.129. The molecule has 0 spiro atoms. The molecule has 1 aromatic heterocycles. The lowest BCUT2D eigenvalue weighted by Gasteiger charge is -2.16. The standard InChI is InChI=1S/C15H18IN3O/c1-3-7-11-12(16)14(17)19-15(18-11)13(20-2)10-8-5-4-6-9-10/h4-6,8-9,13H,3,7H2,1-2H3,(H2,17,18,19). The first-order valence-electron chi connectivity index (χ1n) is 6.56. The Labute approximate surface area is 132 Å². The Morgan fingerprint density at radius 1 is 1.25 bits per heavy atom. The molecular weight excluding hydrogens is 365 g/mol. The van der Waals surface area contributed by atoms with Crippen LogP contribution in [0.15, 0.2) is 30.3 Å². The zero-order valence-corrected chi connectivity index (χ0v) is 13.8. The highest BCUT2D eigenvalue weighted by molar-refractivity contribution is 14.1. The van der Waals surface area contributed by atoms with Crippen molar-refractivity contribution in [3.05, 3.63) is 51.0 Å². The molecule has 0 saturated carbocycles. The van der Waals surface area contributed by atoms with Crippen molar-refractivity contribution in [3.8, 4) is 0 Å². The molecule has 0 aliphatic heterocycles. The third kappa shape index (κ3) is 3.27. The quantitative estimate of drug-likeness (QED) is 0.805. The van der Waals surface area contributed by atoms with Gasteiger partial charge in [-0.15, -0.1) is 0 Å². The van der Waals surface area contributed by atoms with Gasteiger partial charge in [0.15, 0.2) is 5.82 Å². The van der Waals surface area contributed by atoms with Gasteiger partial charge in [0.25, 0.3) is 0 Å². The summed E-state index contributed by atoms with van der Waals surface area (Å²) in [6.45, 7) is 2.12. The van der Waals surface area contributed by atoms with Crippen molar-refractivity contribution in [1.29, 1.82) is 0 Å². The maximum atomic E-state index is 6.01. The number of hydrogen-bond acceptors (Lipinski definition) is 4. The van der Waals surface area contributed by atoms with Gasteiger partial charge in [-0.1, -0.05) is 43.7 Å². The number of nitrogens with two attached hydrogens (primary N) is 1. The van der Waals surface area contributed by atoms with Gasteiger partial charge in [-0.3, -0.25) is 0 Å². The molecule has 0 aliphatic rings. The molecular formula is C15H18IN3O. The van der Waals surface area contributed by atoms with Crippen LogP contribution < -0.4 is 5.73 Å². The molecule has 0 aliphatic carbocycles. The molecule has 5 heteroatoms. The number of nitrogen functional groups attached to an aromatic ring is 1. The van der Waals surface area contributed by atoms with E-state index in [9.17, 15) is 0 Å². The van der Waals surface area contributed by atoms with E-state index in [1.807, 2.05) is 30.3 Å². The zero-order valence-electron chi connectivity index (χ0n) is 11.6. The summed E-state index contributed by atoms with van der Waals surface area (Å²) in [7, 11) is 1.66. The number of halogens is 1. The minimum absolute atomic E-state index is 0.286. The van der Waals surface area contributed by atoms with Gasteiger partial charge in [0.1, 0.15) is 11.9 Å². The molecule has 2 N–H and O–H groups in total. The topological polar surface area (TPSA) is 61.0 Å². The highest BCUT2D eigenvalue weighted by Gasteiger charge is 2.19. The van der Waals surface area contributed by atoms with E-state index in [1.54, 1.807) is 7.11 Å². The van der Waals surface area contributed by atoms with Crippen molar-refractivity contribution in [2.75, 3.05) is 12.8 Å². The van der Waals surface area contributed by atoms with Gasteiger partial charge in [-0.2, -0.15) is 0 Å². The van der Waals surface area contributed by atoms with Crippen molar-refractivity contribution in [3.63, 3.8) is 0 Å². The lowest BCUT2D eigenvalue weighted by Crippen LogP contribution is -2.13. The van der Waals surface area contributed by atoms with E-state index in [1.165, 1.54) is 0 Å². The second kappa shape index (κ2) is 6.99. The maximum absolute atomic E-state index is 6.01. The highest BCUT2D eigenvalue weighted by Crippen LogP contribution is 2.26. The Balaban J connectivity index is 2.45. The summed E-state index contributed by atoms with van der Waals surface area (Å²) in [5, 5.41) is 0. The van der Waals surface area contributed by atoms with Gasteiger partial charge in [-0.05, 0) is 34.6 Å². The Kier molecular flexibility index (Phi) is 5.31. The zero-order chi connectivity index (χ0) is 14.5. The van der Waals surface area contributed by atoms with Crippen LogP contribution in [0.4, 0.5) is 5.82 Å². The summed E-state index contributed by atoms with van der Waals surface area (Å²) in [6, 6.07) is 9.94. The van der Waals surface area contributed by atoms with Crippen molar-refractivity contribution in [2.45, 2.75) is 25.9 Å². The number of nitrogens with zero attached hydrogens (tertiary/aromatic N) is 2. The number of rotatable bonds is 5. The first-order valence-corrected chi connectivity index (χ1v) is 7.64. The summed E-state index contributed by atoms with van der Waals surface area (Å²) in [6.07, 6.45) is 1.63. The van der Waals surface area contributed by atoms with Crippen LogP contribution in [0.1, 0.15) is 36.5 Å². The third-order valence-corrected chi connectivity index (χ3v) is 4.20. The summed E-state index contributed by atoms with van der Waals surface area (Å²) < 4.78 is 6.51. The fourth-order valence-electron chi connectivity index (χ4n) is 2.07. The van der Waals surface area contributed by atoms with Crippen LogP contribution in [-0.2, 0) is 11.2 Å². The number of methoxy groups -OCH3 is 1. The van der Waals surface area contributed by atoms with Crippen LogP contribution in [0.3, 0.4) is 0 Å². The molecule has 2 aromatic rings. The Hall–Kier alpha value is -1.21. The number of hydrogen-bond donors (Lipinski definition) is 1. The smallest absolute Gasteiger partial charge is 0.164 e. The molecule has 106 valence electrons. The third-order valence-electron chi connectivity index (χ3n) is 3.02. The molecule has 1 unspecified atom stereocenters. The first-order chi connectivity index (χ1) is 9.67. The normalized spacial score (nSPS) is 12.3. The molecule has 1 aromatic carbocycles. The molecule has 2 rings (SSSR count). The van der Waals surface area contributed by atoms with Crippen LogP contribution in [0.25, 0.3) is 0 Å². The second-order valence-electron chi connectivity index (χ2n) is 4.50. The Morgan fingerprint density at radius 3 is 2.55 bits per heavy atom. The fraction of sp³-hybridized carbons (Fsp3) is 0.333. The minimum atomic E-state index is -0.286. The SMILES string of the molecule is CCCc1nc(C(OC)c2ccccc2)nc(N)c1I. The monoisotopic (exact) mass is 383 g/mol. The van der Waals surface area contributed by atoms with Crippen LogP contribution in [-0.4, -0.2) is 17.1 Å². The largest absolute Gasteiger partial charge is 0.383 e. The van der Waals surface area contributed by atoms with Gasteiger partial charge in [0, 0.05) is 7.11 Å². The van der Waals surface area contributed by atoms with Crippen LogP contribution in [0.2, 0.25) is 0 Å². The predicted molar refractivity (Wildman–Crippen MR) is 88.5 cm³/mol. The van der Waals surface area contributed by atoms with Gasteiger partial charge in [-0.25, -0.2) is 9.97 Å². The van der Waals surface area contributed by atoms with Gasteiger partial charge >= 0.3 is 0 Å². The molecule has 1 atom stereocenters. The first kappa shape index (κ1) is 15.2.